The van der Waals surface area contributed by atoms with E-state index in [9.17, 15) is 4.79 Å². The molecule has 2 N–H and O–H groups in total. The molecule has 0 aromatic carbocycles. The molecule has 15 heavy (non-hydrogen) atoms. The van der Waals surface area contributed by atoms with Crippen LogP contribution in [0.25, 0.3) is 0 Å². The molecule has 1 saturated heterocycles. The molecule has 1 aliphatic rings. The van der Waals surface area contributed by atoms with E-state index in [4.69, 9.17) is 9.47 Å². The minimum Gasteiger partial charge on any atom is -0.382 e. The van der Waals surface area contributed by atoms with Crippen LogP contribution in [0.5, 0.6) is 0 Å². The topological polar surface area (TPSA) is 59.6 Å². The SMILES string of the molecule is COCCOCC(C)NC(=O)C1CNC1. The summed E-state index contributed by atoms with van der Waals surface area (Å²) in [6.45, 7) is 5.23. The lowest BCUT2D eigenvalue weighted by Crippen LogP contribution is -2.52. The average molecular weight is 216 g/mol. The second-order valence-electron chi connectivity index (χ2n) is 3.83. The maximum atomic E-state index is 11.5. The molecule has 1 heterocycles. The van der Waals surface area contributed by atoms with Crippen molar-refractivity contribution in [2.45, 2.75) is 13.0 Å². The van der Waals surface area contributed by atoms with Crippen molar-refractivity contribution in [1.29, 1.82) is 0 Å². The highest BCUT2D eigenvalue weighted by molar-refractivity contribution is 5.80. The Morgan fingerprint density at radius 3 is 2.80 bits per heavy atom. The fraction of sp³-hybridized carbons (Fsp3) is 0.900. The zero-order chi connectivity index (χ0) is 11.1. The Bertz CT molecular complexity index is 195. The molecule has 1 unspecified atom stereocenters. The molecule has 0 aromatic heterocycles. The molecule has 0 aromatic rings. The minimum atomic E-state index is 0.0648. The molecule has 0 spiro atoms. The van der Waals surface area contributed by atoms with Crippen molar-refractivity contribution in [2.75, 3.05) is 40.0 Å². The van der Waals surface area contributed by atoms with Gasteiger partial charge in [-0.2, -0.15) is 0 Å². The van der Waals surface area contributed by atoms with E-state index >= 15 is 0 Å². The van der Waals surface area contributed by atoms with E-state index in [-0.39, 0.29) is 17.9 Å². The van der Waals surface area contributed by atoms with Crippen LogP contribution < -0.4 is 10.6 Å². The van der Waals surface area contributed by atoms with Crippen LogP contribution in [0.15, 0.2) is 0 Å². The summed E-state index contributed by atoms with van der Waals surface area (Å²) in [6.07, 6.45) is 0. The van der Waals surface area contributed by atoms with Crippen LogP contribution in [0.4, 0.5) is 0 Å². The number of amides is 1. The first-order valence-electron chi connectivity index (χ1n) is 5.31. The number of methoxy groups -OCH3 is 1. The molecule has 1 rings (SSSR count). The normalized spacial score (nSPS) is 18.3. The number of rotatable bonds is 7. The van der Waals surface area contributed by atoms with E-state index in [0.29, 0.717) is 19.8 Å². The third kappa shape index (κ3) is 4.59. The molecular weight excluding hydrogens is 196 g/mol. The van der Waals surface area contributed by atoms with Gasteiger partial charge in [-0.15, -0.1) is 0 Å². The largest absolute Gasteiger partial charge is 0.382 e. The van der Waals surface area contributed by atoms with Crippen LogP contribution in [0, 0.1) is 5.92 Å². The number of hydrogen-bond acceptors (Lipinski definition) is 4. The molecule has 5 heteroatoms. The highest BCUT2D eigenvalue weighted by Gasteiger charge is 2.25. The van der Waals surface area contributed by atoms with Crippen molar-refractivity contribution >= 4 is 5.91 Å². The number of carbonyl (C=O) groups excluding carboxylic acids is 1. The van der Waals surface area contributed by atoms with Crippen LogP contribution in [0.2, 0.25) is 0 Å². The Kier molecular flexibility index (Phi) is 5.60. The molecule has 5 nitrogen and oxygen atoms in total. The summed E-state index contributed by atoms with van der Waals surface area (Å²) < 4.78 is 10.2. The molecule has 1 amide bonds. The number of nitrogens with one attached hydrogen (secondary N) is 2. The zero-order valence-corrected chi connectivity index (χ0v) is 9.41. The van der Waals surface area contributed by atoms with Gasteiger partial charge in [-0.05, 0) is 6.92 Å². The quantitative estimate of drug-likeness (QED) is 0.557. The van der Waals surface area contributed by atoms with Gasteiger partial charge in [-0.1, -0.05) is 0 Å². The number of ether oxygens (including phenoxy) is 2. The fourth-order valence-electron chi connectivity index (χ4n) is 1.28. The van der Waals surface area contributed by atoms with E-state index in [0.717, 1.165) is 13.1 Å². The first kappa shape index (κ1) is 12.4. The van der Waals surface area contributed by atoms with E-state index < -0.39 is 0 Å². The second-order valence-corrected chi connectivity index (χ2v) is 3.83. The van der Waals surface area contributed by atoms with Crippen LogP contribution in [0.1, 0.15) is 6.92 Å². The maximum absolute atomic E-state index is 11.5. The Balaban J connectivity index is 2.01. The Hall–Kier alpha value is -0.650. The summed E-state index contributed by atoms with van der Waals surface area (Å²) >= 11 is 0. The molecule has 1 aliphatic heterocycles. The van der Waals surface area contributed by atoms with Crippen molar-refractivity contribution in [3.05, 3.63) is 0 Å². The summed E-state index contributed by atoms with van der Waals surface area (Å²) in [6, 6.07) is 0.0648. The van der Waals surface area contributed by atoms with Gasteiger partial charge in [-0.3, -0.25) is 4.79 Å². The van der Waals surface area contributed by atoms with Gasteiger partial charge < -0.3 is 20.1 Å². The Morgan fingerprint density at radius 2 is 2.27 bits per heavy atom. The van der Waals surface area contributed by atoms with Crippen LogP contribution >= 0.6 is 0 Å². The predicted molar refractivity (Wildman–Crippen MR) is 56.7 cm³/mol. The van der Waals surface area contributed by atoms with Gasteiger partial charge >= 0.3 is 0 Å². The first-order valence-corrected chi connectivity index (χ1v) is 5.31. The molecule has 88 valence electrons. The fourth-order valence-corrected chi connectivity index (χ4v) is 1.28. The summed E-state index contributed by atoms with van der Waals surface area (Å²) in [4.78, 5) is 11.5. The molecule has 0 aliphatic carbocycles. The predicted octanol–water partition coefficient (Wildman–Crippen LogP) is -0.626. The zero-order valence-electron chi connectivity index (χ0n) is 9.41. The maximum Gasteiger partial charge on any atom is 0.225 e. The van der Waals surface area contributed by atoms with E-state index in [2.05, 4.69) is 10.6 Å². The van der Waals surface area contributed by atoms with Crippen LogP contribution in [-0.4, -0.2) is 52.0 Å². The van der Waals surface area contributed by atoms with Crippen molar-refractivity contribution < 1.29 is 14.3 Å². The van der Waals surface area contributed by atoms with Gasteiger partial charge in [0.15, 0.2) is 0 Å². The van der Waals surface area contributed by atoms with E-state index in [1.165, 1.54) is 0 Å². The van der Waals surface area contributed by atoms with Crippen molar-refractivity contribution in [2.24, 2.45) is 5.92 Å². The Morgan fingerprint density at radius 1 is 1.53 bits per heavy atom. The molecule has 1 fully saturated rings. The number of hydrogen-bond donors (Lipinski definition) is 2. The van der Waals surface area contributed by atoms with Gasteiger partial charge in [0.25, 0.3) is 0 Å². The highest BCUT2D eigenvalue weighted by Crippen LogP contribution is 2.02. The van der Waals surface area contributed by atoms with Gasteiger partial charge in [0, 0.05) is 26.2 Å². The molecule has 1 atom stereocenters. The lowest BCUT2D eigenvalue weighted by Gasteiger charge is -2.27. The van der Waals surface area contributed by atoms with Crippen molar-refractivity contribution in [3.8, 4) is 0 Å². The summed E-state index contributed by atoms with van der Waals surface area (Å²) in [5.74, 6) is 0.267. The van der Waals surface area contributed by atoms with E-state index in [1.54, 1.807) is 7.11 Å². The third-order valence-corrected chi connectivity index (χ3v) is 2.34. The third-order valence-electron chi connectivity index (χ3n) is 2.34. The van der Waals surface area contributed by atoms with Crippen LogP contribution in [-0.2, 0) is 14.3 Å². The molecule has 0 bridgehead atoms. The summed E-state index contributed by atoms with van der Waals surface area (Å²) in [7, 11) is 1.64. The molecular formula is C10H20N2O3. The lowest BCUT2D eigenvalue weighted by molar-refractivity contribution is -0.127. The van der Waals surface area contributed by atoms with Gasteiger partial charge in [-0.25, -0.2) is 0 Å². The standard InChI is InChI=1S/C10H20N2O3/c1-8(7-15-4-3-14-2)12-10(13)9-5-11-6-9/h8-9,11H,3-7H2,1-2H3,(H,12,13). The van der Waals surface area contributed by atoms with Crippen LogP contribution in [0.3, 0.4) is 0 Å². The smallest absolute Gasteiger partial charge is 0.225 e. The summed E-state index contributed by atoms with van der Waals surface area (Å²) in [5, 5.41) is 5.98. The van der Waals surface area contributed by atoms with Crippen molar-refractivity contribution in [1.82, 2.24) is 10.6 Å². The lowest BCUT2D eigenvalue weighted by atomic mass is 10.0. The second kappa shape index (κ2) is 6.76. The monoisotopic (exact) mass is 216 g/mol. The highest BCUT2D eigenvalue weighted by atomic mass is 16.5. The van der Waals surface area contributed by atoms with Gasteiger partial charge in [0.05, 0.1) is 25.7 Å². The minimum absolute atomic E-state index is 0.0648. The molecule has 0 saturated carbocycles. The number of carbonyl (C=O) groups is 1. The molecule has 0 radical (unpaired) electrons. The Labute approximate surface area is 90.5 Å². The average Bonchev–Trinajstić information content (AvgIpc) is 2.09. The van der Waals surface area contributed by atoms with E-state index in [1.807, 2.05) is 6.92 Å². The van der Waals surface area contributed by atoms with Gasteiger partial charge in [0.2, 0.25) is 5.91 Å². The van der Waals surface area contributed by atoms with Crippen molar-refractivity contribution in [3.63, 3.8) is 0 Å². The summed E-state index contributed by atoms with van der Waals surface area (Å²) in [5.41, 5.74) is 0. The van der Waals surface area contributed by atoms with Gasteiger partial charge in [0.1, 0.15) is 0 Å². The first-order chi connectivity index (χ1) is 7.24.